The first kappa shape index (κ1) is 18.9. The molecule has 0 aliphatic carbocycles. The number of carbonyl (C=O) groups excluding carboxylic acids is 1. The SMILES string of the molecule is CN1C(=O)c2ccc(-c3cccnc3)cc2O[C@H]2CN(CCC(C)(C)C)C[C@H]21. The van der Waals surface area contributed by atoms with Crippen LogP contribution in [0.4, 0.5) is 0 Å². The Balaban J connectivity index is 1.59. The van der Waals surface area contributed by atoms with Crippen molar-refractivity contribution >= 4 is 5.91 Å². The van der Waals surface area contributed by atoms with Crippen LogP contribution in [0.3, 0.4) is 0 Å². The van der Waals surface area contributed by atoms with Gasteiger partial charge in [0.25, 0.3) is 5.91 Å². The molecule has 1 amide bonds. The molecule has 2 aliphatic heterocycles. The molecule has 3 heterocycles. The second-order valence-corrected chi connectivity index (χ2v) is 9.16. The number of likely N-dealkylation sites (N-methyl/N-ethyl adjacent to an activating group) is 1. The Bertz CT molecular complexity index is 860. The number of amides is 1. The Morgan fingerprint density at radius 1 is 1.18 bits per heavy atom. The molecule has 28 heavy (non-hydrogen) atoms. The minimum absolute atomic E-state index is 0.000633. The Hall–Kier alpha value is -2.40. The van der Waals surface area contributed by atoms with Crippen molar-refractivity contribution in [1.29, 1.82) is 0 Å². The Kier molecular flexibility index (Phi) is 4.88. The van der Waals surface area contributed by atoms with E-state index >= 15 is 0 Å². The zero-order chi connectivity index (χ0) is 19.9. The highest BCUT2D eigenvalue weighted by molar-refractivity contribution is 5.98. The summed E-state index contributed by atoms with van der Waals surface area (Å²) in [6.07, 6.45) is 4.72. The maximum Gasteiger partial charge on any atom is 0.257 e. The predicted octanol–water partition coefficient (Wildman–Crippen LogP) is 3.70. The van der Waals surface area contributed by atoms with Crippen molar-refractivity contribution in [2.24, 2.45) is 5.41 Å². The summed E-state index contributed by atoms with van der Waals surface area (Å²) in [5, 5.41) is 0. The summed E-state index contributed by atoms with van der Waals surface area (Å²) in [6.45, 7) is 9.56. The molecule has 0 saturated carbocycles. The van der Waals surface area contributed by atoms with Crippen molar-refractivity contribution in [3.8, 4) is 16.9 Å². The first-order valence-electron chi connectivity index (χ1n) is 10.0. The van der Waals surface area contributed by atoms with Crippen molar-refractivity contribution in [3.05, 3.63) is 48.3 Å². The van der Waals surface area contributed by atoms with Crippen LogP contribution in [-0.4, -0.2) is 59.5 Å². The molecule has 4 rings (SSSR count). The number of ether oxygens (including phenoxy) is 1. The van der Waals surface area contributed by atoms with Gasteiger partial charge in [0.15, 0.2) is 0 Å². The van der Waals surface area contributed by atoms with Crippen LogP contribution in [0.25, 0.3) is 11.1 Å². The molecule has 5 heteroatoms. The van der Waals surface area contributed by atoms with E-state index < -0.39 is 0 Å². The molecule has 2 aromatic rings. The highest BCUT2D eigenvalue weighted by atomic mass is 16.5. The lowest BCUT2D eigenvalue weighted by molar-refractivity contribution is 0.0682. The van der Waals surface area contributed by atoms with Gasteiger partial charge in [-0.25, -0.2) is 0 Å². The van der Waals surface area contributed by atoms with Gasteiger partial charge in [-0.05, 0) is 42.1 Å². The van der Waals surface area contributed by atoms with Gasteiger partial charge in [0.2, 0.25) is 0 Å². The second-order valence-electron chi connectivity index (χ2n) is 9.16. The normalized spacial score (nSPS) is 22.4. The number of carbonyl (C=O) groups is 1. The predicted molar refractivity (Wildman–Crippen MR) is 110 cm³/mol. The van der Waals surface area contributed by atoms with Gasteiger partial charge in [0, 0.05) is 38.1 Å². The van der Waals surface area contributed by atoms with E-state index in [0.29, 0.717) is 16.7 Å². The van der Waals surface area contributed by atoms with Gasteiger partial charge >= 0.3 is 0 Å². The van der Waals surface area contributed by atoms with Crippen LogP contribution in [-0.2, 0) is 0 Å². The standard InChI is InChI=1S/C23H29N3O2/c1-23(2,3)9-11-26-14-19-21(15-26)28-20-12-16(17-6-5-10-24-13-17)7-8-18(20)22(27)25(19)4/h5-8,10,12-13,19,21H,9,11,14-15H2,1-4H3/t19-,21+/m1/s1. The summed E-state index contributed by atoms with van der Waals surface area (Å²) >= 11 is 0. The number of pyridine rings is 1. The fourth-order valence-electron chi connectivity index (χ4n) is 4.01. The topological polar surface area (TPSA) is 45.7 Å². The summed E-state index contributed by atoms with van der Waals surface area (Å²) in [4.78, 5) is 21.6. The fraction of sp³-hybridized carbons (Fsp3) is 0.478. The summed E-state index contributed by atoms with van der Waals surface area (Å²) in [5.41, 5.74) is 2.99. The number of nitrogens with zero attached hydrogens (tertiary/aromatic N) is 3. The number of rotatable bonds is 3. The maximum atomic E-state index is 13.1. The van der Waals surface area contributed by atoms with Gasteiger partial charge in [-0.2, -0.15) is 0 Å². The average molecular weight is 380 g/mol. The van der Waals surface area contributed by atoms with Gasteiger partial charge in [0.05, 0.1) is 11.6 Å². The lowest BCUT2D eigenvalue weighted by Crippen LogP contribution is -2.44. The van der Waals surface area contributed by atoms with Crippen molar-refractivity contribution in [2.45, 2.75) is 39.3 Å². The van der Waals surface area contributed by atoms with E-state index in [9.17, 15) is 4.79 Å². The lowest BCUT2D eigenvalue weighted by atomic mass is 9.92. The van der Waals surface area contributed by atoms with Gasteiger partial charge in [-0.3, -0.25) is 14.7 Å². The highest BCUT2D eigenvalue weighted by Crippen LogP contribution is 2.34. The van der Waals surface area contributed by atoms with E-state index in [1.54, 1.807) is 6.20 Å². The van der Waals surface area contributed by atoms with Crippen LogP contribution < -0.4 is 4.74 Å². The Morgan fingerprint density at radius 2 is 2.00 bits per heavy atom. The van der Waals surface area contributed by atoms with Gasteiger partial charge in [0.1, 0.15) is 11.9 Å². The molecule has 1 saturated heterocycles. The number of benzene rings is 1. The smallest absolute Gasteiger partial charge is 0.257 e. The molecule has 1 aromatic heterocycles. The largest absolute Gasteiger partial charge is 0.486 e. The maximum absolute atomic E-state index is 13.1. The summed E-state index contributed by atoms with van der Waals surface area (Å²) < 4.78 is 6.42. The quantitative estimate of drug-likeness (QED) is 0.816. The molecule has 0 N–H and O–H groups in total. The van der Waals surface area contributed by atoms with Gasteiger partial charge in [-0.15, -0.1) is 0 Å². The molecule has 0 radical (unpaired) electrons. The van der Waals surface area contributed by atoms with Crippen molar-refractivity contribution in [2.75, 3.05) is 26.7 Å². The third kappa shape index (κ3) is 3.76. The minimum Gasteiger partial charge on any atom is -0.486 e. The van der Waals surface area contributed by atoms with E-state index in [0.717, 1.165) is 37.2 Å². The van der Waals surface area contributed by atoms with Crippen molar-refractivity contribution in [1.82, 2.24) is 14.8 Å². The van der Waals surface area contributed by atoms with E-state index in [1.807, 2.05) is 48.5 Å². The molecular weight excluding hydrogens is 350 g/mol. The number of likely N-dealkylation sites (tertiary alicyclic amines) is 1. The zero-order valence-electron chi connectivity index (χ0n) is 17.2. The molecule has 1 aromatic carbocycles. The number of hydrogen-bond acceptors (Lipinski definition) is 4. The van der Waals surface area contributed by atoms with Gasteiger partial charge < -0.3 is 9.64 Å². The zero-order valence-corrected chi connectivity index (χ0v) is 17.2. The third-order valence-electron chi connectivity index (χ3n) is 5.79. The van der Waals surface area contributed by atoms with E-state index in [4.69, 9.17) is 4.74 Å². The lowest BCUT2D eigenvalue weighted by Gasteiger charge is -2.26. The van der Waals surface area contributed by atoms with E-state index in [-0.39, 0.29) is 18.1 Å². The molecule has 1 fully saturated rings. The first-order valence-corrected chi connectivity index (χ1v) is 10.0. The fourth-order valence-corrected chi connectivity index (χ4v) is 4.01. The third-order valence-corrected chi connectivity index (χ3v) is 5.79. The molecule has 0 spiro atoms. The summed E-state index contributed by atoms with van der Waals surface area (Å²) in [7, 11) is 1.90. The Morgan fingerprint density at radius 3 is 2.71 bits per heavy atom. The molecule has 5 nitrogen and oxygen atoms in total. The molecule has 0 unspecified atom stereocenters. The summed E-state index contributed by atoms with van der Waals surface area (Å²) in [6, 6.07) is 9.86. The molecule has 2 aliphatic rings. The number of aromatic nitrogens is 1. The molecular formula is C23H29N3O2. The minimum atomic E-state index is -0.000633. The second kappa shape index (κ2) is 7.21. The van der Waals surface area contributed by atoms with Crippen molar-refractivity contribution < 1.29 is 9.53 Å². The van der Waals surface area contributed by atoms with Crippen LogP contribution in [0.2, 0.25) is 0 Å². The first-order chi connectivity index (χ1) is 13.3. The molecule has 0 bridgehead atoms. The number of fused-ring (bicyclic) bond motifs is 2. The van der Waals surface area contributed by atoms with Crippen LogP contribution in [0.5, 0.6) is 5.75 Å². The van der Waals surface area contributed by atoms with Crippen LogP contribution in [0.1, 0.15) is 37.6 Å². The average Bonchev–Trinajstić information content (AvgIpc) is 3.04. The number of hydrogen-bond donors (Lipinski definition) is 0. The van der Waals surface area contributed by atoms with Crippen LogP contribution in [0, 0.1) is 5.41 Å². The molecule has 148 valence electrons. The summed E-state index contributed by atoms with van der Waals surface area (Å²) in [5.74, 6) is 0.723. The Labute approximate surface area is 167 Å². The van der Waals surface area contributed by atoms with Crippen molar-refractivity contribution in [3.63, 3.8) is 0 Å². The molecule has 2 atom stereocenters. The highest BCUT2D eigenvalue weighted by Gasteiger charge is 2.42. The monoisotopic (exact) mass is 379 g/mol. The van der Waals surface area contributed by atoms with Crippen LogP contribution >= 0.6 is 0 Å². The van der Waals surface area contributed by atoms with E-state index in [2.05, 4.69) is 30.7 Å². The van der Waals surface area contributed by atoms with E-state index in [1.165, 1.54) is 0 Å². The van der Waals surface area contributed by atoms with Gasteiger partial charge in [-0.1, -0.05) is 32.9 Å². The van der Waals surface area contributed by atoms with Crippen LogP contribution in [0.15, 0.2) is 42.7 Å².